The molecule has 0 amide bonds. The van der Waals surface area contributed by atoms with Crippen molar-refractivity contribution in [3.63, 3.8) is 0 Å². The van der Waals surface area contributed by atoms with E-state index < -0.39 is 0 Å². The summed E-state index contributed by atoms with van der Waals surface area (Å²) in [5.74, 6) is 0. The molecular formula is C7H7Hg. The summed E-state index contributed by atoms with van der Waals surface area (Å²) >= 11 is 0.800. The fraction of sp³-hybridized carbons (Fsp3) is 0.143. The molecule has 0 saturated carbocycles. The van der Waals surface area contributed by atoms with Gasteiger partial charge in [-0.25, -0.2) is 0 Å². The van der Waals surface area contributed by atoms with Gasteiger partial charge in [0.2, 0.25) is 0 Å². The SMILES string of the molecule is Cc1ccc[c]([Hg])c1. The molecule has 0 atom stereocenters. The molecule has 0 heterocycles. The summed E-state index contributed by atoms with van der Waals surface area (Å²) < 4.78 is 1.53. The zero-order valence-corrected chi connectivity index (χ0v) is 10.5. The van der Waals surface area contributed by atoms with Gasteiger partial charge in [0, 0.05) is 0 Å². The van der Waals surface area contributed by atoms with Gasteiger partial charge in [0.1, 0.15) is 0 Å². The Kier molecular flexibility index (Phi) is 2.06. The molecule has 37 valence electrons. The van der Waals surface area contributed by atoms with Gasteiger partial charge in [-0.15, -0.1) is 0 Å². The van der Waals surface area contributed by atoms with E-state index in [1.807, 2.05) is 0 Å². The second-order valence-corrected chi connectivity index (χ2v) is 5.16. The monoisotopic (exact) mass is 293 g/mol. The van der Waals surface area contributed by atoms with Gasteiger partial charge in [0.25, 0.3) is 0 Å². The average Bonchev–Trinajstić information content (AvgIpc) is 1.64. The summed E-state index contributed by atoms with van der Waals surface area (Å²) in [5.41, 5.74) is 1.39. The van der Waals surface area contributed by atoms with Crippen molar-refractivity contribution in [2.24, 2.45) is 0 Å². The first-order valence-corrected chi connectivity index (χ1v) is 5.42. The van der Waals surface area contributed by atoms with Crippen molar-refractivity contribution < 1.29 is 26.1 Å². The Morgan fingerprint density at radius 1 is 1.38 bits per heavy atom. The van der Waals surface area contributed by atoms with Gasteiger partial charge in [-0.1, -0.05) is 0 Å². The van der Waals surface area contributed by atoms with Crippen molar-refractivity contribution in [3.05, 3.63) is 29.8 Å². The fourth-order valence-corrected chi connectivity index (χ4v) is 2.49. The van der Waals surface area contributed by atoms with Gasteiger partial charge in [-0.05, 0) is 0 Å². The van der Waals surface area contributed by atoms with Gasteiger partial charge in [0.05, 0.1) is 0 Å². The molecule has 0 bridgehead atoms. The molecule has 1 aromatic rings. The molecule has 0 aliphatic heterocycles. The van der Waals surface area contributed by atoms with Crippen molar-refractivity contribution in [1.29, 1.82) is 0 Å². The van der Waals surface area contributed by atoms with Crippen LogP contribution in [0.2, 0.25) is 0 Å². The molecule has 1 rings (SSSR count). The molecule has 0 fully saturated rings. The van der Waals surface area contributed by atoms with E-state index in [0.29, 0.717) is 0 Å². The zero-order chi connectivity index (χ0) is 5.98. The summed E-state index contributed by atoms with van der Waals surface area (Å²) in [5, 5.41) is 0. The quantitative estimate of drug-likeness (QED) is 0.630. The molecule has 0 radical (unpaired) electrons. The summed E-state index contributed by atoms with van der Waals surface area (Å²) in [7, 11) is 0. The molecule has 0 aromatic heterocycles. The number of aryl methyl sites for hydroxylation is 1. The van der Waals surface area contributed by atoms with Gasteiger partial charge in [-0.2, -0.15) is 0 Å². The van der Waals surface area contributed by atoms with E-state index in [4.69, 9.17) is 0 Å². The summed E-state index contributed by atoms with van der Waals surface area (Å²) in [6.07, 6.45) is 0. The fourth-order valence-electron chi connectivity index (χ4n) is 0.712. The standard InChI is InChI=1S/C7H7.Hg/c1-7-5-3-2-4-6-7;/h2-3,5-6H,1H3;. The molecule has 0 spiro atoms. The predicted octanol–water partition coefficient (Wildman–Crippen LogP) is 1.17. The topological polar surface area (TPSA) is 0 Å². The van der Waals surface area contributed by atoms with Crippen LogP contribution < -0.4 is 3.07 Å². The number of hydrogen-bond acceptors (Lipinski definition) is 0. The van der Waals surface area contributed by atoms with Crippen LogP contribution in [-0.2, 0) is 26.1 Å². The molecule has 1 aromatic carbocycles. The van der Waals surface area contributed by atoms with Crippen LogP contribution in [0.15, 0.2) is 24.3 Å². The third kappa shape index (κ3) is 1.59. The van der Waals surface area contributed by atoms with Crippen LogP contribution in [0.5, 0.6) is 0 Å². The van der Waals surface area contributed by atoms with E-state index in [-0.39, 0.29) is 0 Å². The molecule has 8 heavy (non-hydrogen) atoms. The Balaban J connectivity index is 3.08. The second-order valence-electron chi connectivity index (χ2n) is 1.99. The van der Waals surface area contributed by atoms with Crippen molar-refractivity contribution in [2.45, 2.75) is 6.92 Å². The molecule has 0 nitrogen and oxygen atoms in total. The zero-order valence-electron chi connectivity index (χ0n) is 5.02. The number of hydrogen-bond donors (Lipinski definition) is 0. The van der Waals surface area contributed by atoms with Crippen LogP contribution in [0, 0.1) is 6.92 Å². The third-order valence-electron chi connectivity index (χ3n) is 1.08. The Labute approximate surface area is 65.9 Å². The summed E-state index contributed by atoms with van der Waals surface area (Å²) in [6.45, 7) is 2.14. The van der Waals surface area contributed by atoms with Gasteiger partial charge >= 0.3 is 65.9 Å². The minimum absolute atomic E-state index is 0.800. The average molecular weight is 292 g/mol. The van der Waals surface area contributed by atoms with Crippen molar-refractivity contribution in [1.82, 2.24) is 0 Å². The Bertz CT molecular complexity index is 164. The van der Waals surface area contributed by atoms with Crippen LogP contribution in [0.1, 0.15) is 5.56 Å². The van der Waals surface area contributed by atoms with Crippen LogP contribution in [0.25, 0.3) is 0 Å². The molecule has 0 saturated heterocycles. The van der Waals surface area contributed by atoms with E-state index in [1.165, 1.54) is 8.64 Å². The second kappa shape index (κ2) is 2.63. The molecular weight excluding hydrogens is 285 g/mol. The number of rotatable bonds is 0. The van der Waals surface area contributed by atoms with Crippen LogP contribution in [0.3, 0.4) is 0 Å². The van der Waals surface area contributed by atoms with Crippen molar-refractivity contribution >= 4 is 3.07 Å². The first-order chi connectivity index (χ1) is 3.79. The number of benzene rings is 1. The minimum atomic E-state index is 0.800. The van der Waals surface area contributed by atoms with E-state index in [2.05, 4.69) is 31.2 Å². The van der Waals surface area contributed by atoms with E-state index >= 15 is 0 Å². The van der Waals surface area contributed by atoms with Crippen LogP contribution in [0.4, 0.5) is 0 Å². The van der Waals surface area contributed by atoms with E-state index in [1.54, 1.807) is 0 Å². The van der Waals surface area contributed by atoms with Crippen LogP contribution >= 0.6 is 0 Å². The summed E-state index contributed by atoms with van der Waals surface area (Å²) in [6, 6.07) is 8.70. The Hall–Kier alpha value is 0.155. The van der Waals surface area contributed by atoms with Crippen molar-refractivity contribution in [3.8, 4) is 0 Å². The molecule has 1 heteroatoms. The third-order valence-corrected chi connectivity index (χ3v) is 2.79. The normalized spacial score (nSPS) is 9.38. The maximum absolute atomic E-state index is 2.25. The Morgan fingerprint density at radius 2 is 2.12 bits per heavy atom. The first-order valence-electron chi connectivity index (χ1n) is 2.67. The van der Waals surface area contributed by atoms with Crippen LogP contribution in [-0.4, -0.2) is 0 Å². The van der Waals surface area contributed by atoms with Gasteiger partial charge < -0.3 is 0 Å². The molecule has 0 N–H and O–H groups in total. The van der Waals surface area contributed by atoms with Gasteiger partial charge in [-0.3, -0.25) is 0 Å². The predicted molar refractivity (Wildman–Crippen MR) is 30.8 cm³/mol. The molecule has 0 unspecified atom stereocenters. The maximum atomic E-state index is 2.25. The van der Waals surface area contributed by atoms with Crippen molar-refractivity contribution in [2.75, 3.05) is 0 Å². The Morgan fingerprint density at radius 3 is 2.50 bits per heavy atom. The first kappa shape index (κ1) is 6.28. The molecule has 0 aliphatic carbocycles. The summed E-state index contributed by atoms with van der Waals surface area (Å²) in [4.78, 5) is 0. The van der Waals surface area contributed by atoms with E-state index in [0.717, 1.165) is 26.1 Å². The van der Waals surface area contributed by atoms with E-state index in [9.17, 15) is 0 Å². The van der Waals surface area contributed by atoms with Gasteiger partial charge in [0.15, 0.2) is 0 Å². The molecule has 0 aliphatic rings.